The Morgan fingerprint density at radius 1 is 0.825 bits per heavy atom. The van der Waals surface area contributed by atoms with Gasteiger partial charge in [0.25, 0.3) is 20.0 Å². The number of carbonyl (C=O) groups is 1. The maximum atomic E-state index is 13.5. The van der Waals surface area contributed by atoms with E-state index in [4.69, 9.17) is 4.74 Å². The van der Waals surface area contributed by atoms with Gasteiger partial charge in [0, 0.05) is 23.1 Å². The minimum Gasteiger partial charge on any atom is -0.497 e. The zero-order valence-electron chi connectivity index (χ0n) is 21.9. The number of methoxy groups -OCH3 is 1. The number of hydrogen-bond donors (Lipinski definition) is 2. The second kappa shape index (κ2) is 11.7. The van der Waals surface area contributed by atoms with E-state index in [1.54, 1.807) is 56.3 Å². The summed E-state index contributed by atoms with van der Waals surface area (Å²) in [5.74, 6) is -0.269. The number of rotatable bonds is 10. The number of aromatic nitrogens is 2. The van der Waals surface area contributed by atoms with Crippen molar-refractivity contribution in [3.05, 3.63) is 96.3 Å². The molecule has 0 spiro atoms. The summed E-state index contributed by atoms with van der Waals surface area (Å²) in [6.07, 6.45) is 0. The van der Waals surface area contributed by atoms with Gasteiger partial charge >= 0.3 is 0 Å². The molecule has 0 fully saturated rings. The number of anilines is 3. The number of nitrogens with zero attached hydrogens (tertiary/aromatic N) is 3. The van der Waals surface area contributed by atoms with E-state index in [1.165, 1.54) is 49.6 Å². The van der Waals surface area contributed by atoms with Crippen molar-refractivity contribution in [2.24, 2.45) is 0 Å². The Morgan fingerprint density at radius 2 is 1.48 bits per heavy atom. The second-order valence-corrected chi connectivity index (χ2v) is 12.2. The van der Waals surface area contributed by atoms with E-state index in [0.29, 0.717) is 17.1 Å². The highest BCUT2D eigenvalue weighted by molar-refractivity contribution is 7.93. The number of ether oxygens (including phenoxy) is 1. The Kier molecular flexibility index (Phi) is 8.35. The summed E-state index contributed by atoms with van der Waals surface area (Å²) in [7, 11) is -6.65. The summed E-state index contributed by atoms with van der Waals surface area (Å²) >= 11 is 0. The first-order valence-electron chi connectivity index (χ1n) is 11.9. The molecule has 4 aromatic rings. The molecular weight excluding hydrogens is 554 g/mol. The van der Waals surface area contributed by atoms with Gasteiger partial charge in [-0.15, -0.1) is 0 Å². The molecule has 4 rings (SSSR count). The normalized spacial score (nSPS) is 11.5. The summed E-state index contributed by atoms with van der Waals surface area (Å²) in [4.78, 5) is 21.1. The quantitative estimate of drug-likeness (QED) is 0.288. The van der Waals surface area contributed by atoms with Gasteiger partial charge in [0.2, 0.25) is 11.9 Å². The van der Waals surface area contributed by atoms with E-state index < -0.39 is 32.5 Å². The molecule has 0 aliphatic rings. The van der Waals surface area contributed by atoms with Crippen molar-refractivity contribution in [2.75, 3.05) is 28.0 Å². The van der Waals surface area contributed by atoms with Crippen LogP contribution in [0.2, 0.25) is 0 Å². The molecule has 208 valence electrons. The third-order valence-corrected chi connectivity index (χ3v) is 8.75. The van der Waals surface area contributed by atoms with E-state index in [0.717, 1.165) is 4.31 Å². The fourth-order valence-corrected chi connectivity index (χ4v) is 6.18. The van der Waals surface area contributed by atoms with E-state index in [2.05, 4.69) is 20.0 Å². The standard InChI is InChI=1S/C27H27N5O6S2/c1-19-16-20(2)29-27(28-19)31-39(34,35)24-14-12-21(13-15-24)30-26(33)18-32(22-8-7-9-23(17-22)38-3)40(36,37)25-10-5-4-6-11-25/h4-17H,18H2,1-3H3,(H,30,33)(H,28,29,31). The molecule has 13 heteroatoms. The average Bonchev–Trinajstić information content (AvgIpc) is 2.91. The lowest BCUT2D eigenvalue weighted by Crippen LogP contribution is -2.38. The van der Waals surface area contributed by atoms with Crippen molar-refractivity contribution < 1.29 is 26.4 Å². The molecule has 0 saturated carbocycles. The van der Waals surface area contributed by atoms with Crippen LogP contribution in [-0.2, 0) is 24.8 Å². The van der Waals surface area contributed by atoms with Crippen LogP contribution in [0.3, 0.4) is 0 Å². The number of benzene rings is 3. The van der Waals surface area contributed by atoms with Crippen LogP contribution in [0.5, 0.6) is 5.75 Å². The van der Waals surface area contributed by atoms with E-state index in [-0.39, 0.29) is 27.1 Å². The van der Waals surface area contributed by atoms with Gasteiger partial charge in [-0.05, 0) is 68.4 Å². The largest absolute Gasteiger partial charge is 0.497 e. The van der Waals surface area contributed by atoms with Gasteiger partial charge < -0.3 is 10.1 Å². The van der Waals surface area contributed by atoms with Gasteiger partial charge in [0.1, 0.15) is 12.3 Å². The van der Waals surface area contributed by atoms with Crippen LogP contribution < -0.4 is 19.1 Å². The number of aryl methyl sites for hydroxylation is 2. The smallest absolute Gasteiger partial charge is 0.264 e. The average molecular weight is 582 g/mol. The van der Waals surface area contributed by atoms with Gasteiger partial charge in [-0.2, -0.15) is 0 Å². The summed E-state index contributed by atoms with van der Waals surface area (Å²) in [5.41, 5.74) is 1.73. The fraction of sp³-hybridized carbons (Fsp3) is 0.148. The third kappa shape index (κ3) is 6.74. The second-order valence-electron chi connectivity index (χ2n) is 8.68. The third-order valence-electron chi connectivity index (χ3n) is 5.62. The number of nitrogens with one attached hydrogen (secondary N) is 2. The zero-order valence-corrected chi connectivity index (χ0v) is 23.5. The Morgan fingerprint density at radius 3 is 2.10 bits per heavy atom. The minimum atomic E-state index is -4.11. The molecule has 40 heavy (non-hydrogen) atoms. The molecule has 0 atom stereocenters. The molecular formula is C27H27N5O6S2. The molecule has 1 amide bonds. The van der Waals surface area contributed by atoms with Crippen LogP contribution in [0.1, 0.15) is 11.4 Å². The Bertz CT molecular complexity index is 1710. The zero-order chi connectivity index (χ0) is 28.9. The minimum absolute atomic E-state index is 0.0143. The van der Waals surface area contributed by atoms with Crippen molar-refractivity contribution in [1.82, 2.24) is 9.97 Å². The van der Waals surface area contributed by atoms with Crippen LogP contribution in [0.15, 0.2) is 94.7 Å². The predicted molar refractivity (Wildman–Crippen MR) is 151 cm³/mol. The summed E-state index contributed by atoms with van der Waals surface area (Å²) in [5, 5.41) is 2.62. The predicted octanol–water partition coefficient (Wildman–Crippen LogP) is 3.74. The topological polar surface area (TPSA) is 148 Å². The van der Waals surface area contributed by atoms with Crippen LogP contribution >= 0.6 is 0 Å². The van der Waals surface area contributed by atoms with Crippen LogP contribution in [0.25, 0.3) is 0 Å². The van der Waals surface area contributed by atoms with Crippen molar-refractivity contribution >= 4 is 43.3 Å². The molecule has 2 N–H and O–H groups in total. The van der Waals surface area contributed by atoms with Gasteiger partial charge in [0.05, 0.1) is 22.6 Å². The van der Waals surface area contributed by atoms with E-state index in [1.807, 2.05) is 0 Å². The summed E-state index contributed by atoms with van der Waals surface area (Å²) < 4.78 is 61.1. The first-order chi connectivity index (χ1) is 19.0. The number of sulfonamides is 2. The molecule has 3 aromatic carbocycles. The van der Waals surface area contributed by atoms with Crippen LogP contribution in [0, 0.1) is 13.8 Å². The maximum absolute atomic E-state index is 13.5. The first kappa shape index (κ1) is 28.5. The van der Waals surface area contributed by atoms with Gasteiger partial charge in [-0.3, -0.25) is 9.10 Å². The molecule has 0 saturated heterocycles. The molecule has 1 aromatic heterocycles. The molecule has 1 heterocycles. The van der Waals surface area contributed by atoms with Gasteiger partial charge in [0.15, 0.2) is 0 Å². The van der Waals surface area contributed by atoms with Gasteiger partial charge in [-0.25, -0.2) is 31.5 Å². The van der Waals surface area contributed by atoms with E-state index in [9.17, 15) is 21.6 Å². The maximum Gasteiger partial charge on any atom is 0.264 e. The van der Waals surface area contributed by atoms with Crippen molar-refractivity contribution in [3.63, 3.8) is 0 Å². The lowest BCUT2D eigenvalue weighted by molar-refractivity contribution is -0.114. The Hall–Kier alpha value is -4.49. The highest BCUT2D eigenvalue weighted by atomic mass is 32.2. The summed E-state index contributed by atoms with van der Waals surface area (Å²) in [6.45, 7) is 2.91. The number of hydrogen-bond acceptors (Lipinski definition) is 8. The number of amides is 1. The lowest BCUT2D eigenvalue weighted by Gasteiger charge is -2.24. The molecule has 0 aliphatic heterocycles. The molecule has 0 aliphatic carbocycles. The van der Waals surface area contributed by atoms with Crippen molar-refractivity contribution in [3.8, 4) is 5.75 Å². The van der Waals surface area contributed by atoms with Crippen molar-refractivity contribution in [2.45, 2.75) is 23.6 Å². The van der Waals surface area contributed by atoms with E-state index >= 15 is 0 Å². The highest BCUT2D eigenvalue weighted by Crippen LogP contribution is 2.27. The first-order valence-corrected chi connectivity index (χ1v) is 14.9. The van der Waals surface area contributed by atoms with Crippen LogP contribution in [-0.4, -0.2) is 46.4 Å². The molecule has 11 nitrogen and oxygen atoms in total. The van der Waals surface area contributed by atoms with Gasteiger partial charge in [-0.1, -0.05) is 24.3 Å². The SMILES string of the molecule is COc1cccc(N(CC(=O)Nc2ccc(S(=O)(=O)Nc3nc(C)cc(C)n3)cc2)S(=O)(=O)c2ccccc2)c1. The molecule has 0 unspecified atom stereocenters. The Balaban J connectivity index is 1.53. The fourth-order valence-electron chi connectivity index (χ4n) is 3.80. The van der Waals surface area contributed by atoms with Crippen molar-refractivity contribution in [1.29, 1.82) is 0 Å². The number of carbonyl (C=O) groups excluding carboxylic acids is 1. The molecule has 0 bridgehead atoms. The summed E-state index contributed by atoms with van der Waals surface area (Å²) in [6, 6.07) is 21.2. The van der Waals surface area contributed by atoms with Crippen LogP contribution in [0.4, 0.5) is 17.3 Å². The highest BCUT2D eigenvalue weighted by Gasteiger charge is 2.27. The Labute approximate surface area is 233 Å². The molecule has 0 radical (unpaired) electrons. The monoisotopic (exact) mass is 581 g/mol. The lowest BCUT2D eigenvalue weighted by atomic mass is 10.3.